The van der Waals surface area contributed by atoms with Crippen molar-refractivity contribution in [2.45, 2.75) is 44.7 Å². The van der Waals surface area contributed by atoms with Gasteiger partial charge in [-0.25, -0.2) is 22.6 Å². The lowest BCUT2D eigenvalue weighted by atomic mass is 9.91. The number of para-hydroxylation sites is 1. The van der Waals surface area contributed by atoms with Gasteiger partial charge in [-0.1, -0.05) is 29.8 Å². The van der Waals surface area contributed by atoms with E-state index in [0.717, 1.165) is 59.3 Å². The van der Waals surface area contributed by atoms with E-state index in [-0.39, 0.29) is 12.1 Å². The highest BCUT2D eigenvalue weighted by molar-refractivity contribution is 7.88. The molecule has 0 amide bonds. The van der Waals surface area contributed by atoms with Crippen LogP contribution in [-0.2, 0) is 10.0 Å². The SMILES string of the molecule is COc1ccc(-c2cc3c(NC4CCC(NS(C)(=O)=O)CC4)c(/C(N)=N/c4ccccc4Cl)cnn3c2)c(C)c1. The van der Waals surface area contributed by atoms with Crippen LogP contribution in [0.3, 0.4) is 0 Å². The van der Waals surface area contributed by atoms with Crippen LogP contribution in [0.1, 0.15) is 36.8 Å². The maximum absolute atomic E-state index is 11.7. The average molecular weight is 581 g/mol. The second-order valence-corrected chi connectivity index (χ2v) is 12.4. The summed E-state index contributed by atoms with van der Waals surface area (Å²) >= 11 is 6.36. The molecule has 0 bridgehead atoms. The minimum absolute atomic E-state index is 0.0604. The average Bonchev–Trinajstić information content (AvgIpc) is 3.35. The number of hydrogen-bond donors (Lipinski definition) is 3. The number of sulfonamides is 1. The van der Waals surface area contributed by atoms with Gasteiger partial charge in [-0.05, 0) is 74.1 Å². The van der Waals surface area contributed by atoms with Gasteiger partial charge in [0.25, 0.3) is 0 Å². The zero-order chi connectivity index (χ0) is 28.4. The van der Waals surface area contributed by atoms with E-state index in [1.54, 1.807) is 19.4 Å². The van der Waals surface area contributed by atoms with Gasteiger partial charge < -0.3 is 15.8 Å². The highest BCUT2D eigenvalue weighted by Crippen LogP contribution is 2.34. The number of aliphatic imine (C=N–C) groups is 1. The number of nitrogens with zero attached hydrogens (tertiary/aromatic N) is 3. The molecule has 0 saturated heterocycles. The van der Waals surface area contributed by atoms with Crippen molar-refractivity contribution in [3.63, 3.8) is 0 Å². The number of halogens is 1. The first-order chi connectivity index (χ1) is 19.1. The molecule has 210 valence electrons. The van der Waals surface area contributed by atoms with Crippen LogP contribution in [0.5, 0.6) is 5.75 Å². The first-order valence-electron chi connectivity index (χ1n) is 13.1. The number of amidine groups is 1. The van der Waals surface area contributed by atoms with Crippen molar-refractivity contribution < 1.29 is 13.2 Å². The maximum Gasteiger partial charge on any atom is 0.208 e. The zero-order valence-corrected chi connectivity index (χ0v) is 24.3. The van der Waals surface area contributed by atoms with Crippen molar-refractivity contribution in [3.8, 4) is 16.9 Å². The van der Waals surface area contributed by atoms with Crippen LogP contribution in [0.2, 0.25) is 5.02 Å². The van der Waals surface area contributed by atoms with Crippen LogP contribution in [0.15, 0.2) is 65.9 Å². The fourth-order valence-electron chi connectivity index (χ4n) is 5.23. The van der Waals surface area contributed by atoms with Crippen molar-refractivity contribution in [1.82, 2.24) is 14.3 Å². The number of ether oxygens (including phenoxy) is 1. The van der Waals surface area contributed by atoms with Crippen molar-refractivity contribution in [1.29, 1.82) is 0 Å². The third-order valence-corrected chi connectivity index (χ3v) is 8.29. The molecule has 2 aromatic carbocycles. The van der Waals surface area contributed by atoms with E-state index in [9.17, 15) is 8.42 Å². The van der Waals surface area contributed by atoms with E-state index in [1.165, 1.54) is 6.26 Å². The summed E-state index contributed by atoms with van der Waals surface area (Å²) in [5, 5.41) is 8.87. The third kappa shape index (κ3) is 6.24. The fourth-order valence-corrected chi connectivity index (χ4v) is 6.25. The topological polar surface area (TPSA) is 123 Å². The molecule has 1 saturated carbocycles. The number of hydrogen-bond acceptors (Lipinski definition) is 6. The molecule has 4 aromatic rings. The minimum atomic E-state index is -3.24. The normalized spacial score (nSPS) is 18.1. The summed E-state index contributed by atoms with van der Waals surface area (Å²) in [4.78, 5) is 4.62. The Bertz CT molecular complexity index is 1680. The molecule has 2 heterocycles. The summed E-state index contributed by atoms with van der Waals surface area (Å²) in [7, 11) is -1.59. The highest BCUT2D eigenvalue weighted by atomic mass is 35.5. The Labute approximate surface area is 239 Å². The molecular weight excluding hydrogens is 548 g/mol. The van der Waals surface area contributed by atoms with Gasteiger partial charge in [0, 0.05) is 23.8 Å². The number of nitrogens with two attached hydrogens (primary N) is 1. The summed E-state index contributed by atoms with van der Waals surface area (Å²) in [5.41, 5.74) is 12.7. The van der Waals surface area contributed by atoms with Gasteiger partial charge in [0.05, 0.1) is 47.0 Å². The molecule has 1 fully saturated rings. The van der Waals surface area contributed by atoms with Gasteiger partial charge in [-0.15, -0.1) is 0 Å². The molecule has 0 aliphatic heterocycles. The van der Waals surface area contributed by atoms with Gasteiger partial charge in [-0.2, -0.15) is 5.10 Å². The Morgan fingerprint density at radius 1 is 1.12 bits per heavy atom. The quantitative estimate of drug-likeness (QED) is 0.192. The van der Waals surface area contributed by atoms with Gasteiger partial charge >= 0.3 is 0 Å². The second-order valence-electron chi connectivity index (χ2n) is 10.2. The molecule has 2 aromatic heterocycles. The number of nitrogens with one attached hydrogen (secondary N) is 2. The predicted molar refractivity (Wildman–Crippen MR) is 161 cm³/mol. The molecular formula is C29H33ClN6O3S. The lowest BCUT2D eigenvalue weighted by Gasteiger charge is -2.30. The molecule has 4 N–H and O–H groups in total. The maximum atomic E-state index is 11.7. The number of aromatic nitrogens is 2. The van der Waals surface area contributed by atoms with E-state index >= 15 is 0 Å². The highest BCUT2D eigenvalue weighted by Gasteiger charge is 2.25. The largest absolute Gasteiger partial charge is 0.497 e. The number of aryl methyl sites for hydroxylation is 1. The van der Waals surface area contributed by atoms with Crippen LogP contribution < -0.4 is 20.5 Å². The Morgan fingerprint density at radius 3 is 2.52 bits per heavy atom. The third-order valence-electron chi connectivity index (χ3n) is 7.21. The van der Waals surface area contributed by atoms with Crippen LogP contribution in [0.25, 0.3) is 16.6 Å². The summed E-state index contributed by atoms with van der Waals surface area (Å²) in [6.45, 7) is 2.05. The molecule has 1 aliphatic carbocycles. The Kier molecular flexibility index (Phi) is 8.02. The monoisotopic (exact) mass is 580 g/mol. The Hall–Kier alpha value is -3.60. The summed E-state index contributed by atoms with van der Waals surface area (Å²) in [5.74, 6) is 1.10. The summed E-state index contributed by atoms with van der Waals surface area (Å²) < 4.78 is 33.4. The molecule has 9 nitrogen and oxygen atoms in total. The lowest BCUT2D eigenvalue weighted by Crippen LogP contribution is -2.39. The van der Waals surface area contributed by atoms with E-state index in [4.69, 9.17) is 22.1 Å². The lowest BCUT2D eigenvalue weighted by molar-refractivity contribution is 0.388. The predicted octanol–water partition coefficient (Wildman–Crippen LogP) is 5.28. The molecule has 0 spiro atoms. The van der Waals surface area contributed by atoms with Crippen molar-refractivity contribution in [2.75, 3.05) is 18.7 Å². The first-order valence-corrected chi connectivity index (χ1v) is 15.4. The van der Waals surface area contributed by atoms with Crippen LogP contribution >= 0.6 is 11.6 Å². The van der Waals surface area contributed by atoms with Gasteiger partial charge in [-0.3, -0.25) is 0 Å². The number of benzene rings is 2. The first kappa shape index (κ1) is 27.9. The molecule has 5 rings (SSSR count). The number of anilines is 1. The standard InChI is InChI=1S/C29H33ClN6O3S/c1-18-14-22(39-2)12-13-23(18)19-15-27-28(33-20-8-10-21(11-9-20)35-40(3,37)38)24(16-32-36(27)17-19)29(31)34-26-7-5-4-6-25(26)30/h4-7,12-17,20-21,33,35H,8-11H2,1-3H3,(H2,31,34). The van der Waals surface area contributed by atoms with Crippen LogP contribution in [-0.4, -0.2) is 49.3 Å². The minimum Gasteiger partial charge on any atom is -0.497 e. The van der Waals surface area contributed by atoms with Crippen LogP contribution in [0.4, 0.5) is 11.4 Å². The number of rotatable bonds is 8. The van der Waals surface area contributed by atoms with E-state index in [2.05, 4.69) is 33.1 Å². The van der Waals surface area contributed by atoms with Crippen LogP contribution in [0, 0.1) is 6.92 Å². The van der Waals surface area contributed by atoms with Gasteiger partial charge in [0.2, 0.25) is 10.0 Å². The van der Waals surface area contributed by atoms with Gasteiger partial charge in [0.1, 0.15) is 11.6 Å². The second kappa shape index (κ2) is 11.5. The fraction of sp³-hybridized carbons (Fsp3) is 0.310. The number of fused-ring (bicyclic) bond motifs is 1. The number of methoxy groups -OCH3 is 1. The van der Waals surface area contributed by atoms with Crippen molar-refractivity contribution >= 4 is 44.4 Å². The summed E-state index contributed by atoms with van der Waals surface area (Å²) in [6.07, 6.45) is 7.98. The van der Waals surface area contributed by atoms with E-state index in [1.807, 2.05) is 47.1 Å². The zero-order valence-electron chi connectivity index (χ0n) is 22.7. The van der Waals surface area contributed by atoms with Crippen molar-refractivity contribution in [2.24, 2.45) is 10.7 Å². The van der Waals surface area contributed by atoms with E-state index < -0.39 is 10.0 Å². The molecule has 40 heavy (non-hydrogen) atoms. The Balaban J connectivity index is 1.54. The smallest absolute Gasteiger partial charge is 0.208 e. The van der Waals surface area contributed by atoms with Gasteiger partial charge in [0.15, 0.2) is 0 Å². The molecule has 11 heteroatoms. The van der Waals surface area contributed by atoms with Crippen molar-refractivity contribution in [3.05, 3.63) is 77.1 Å². The van der Waals surface area contributed by atoms with E-state index in [0.29, 0.717) is 22.1 Å². The molecule has 0 unspecified atom stereocenters. The summed E-state index contributed by atoms with van der Waals surface area (Å²) in [6, 6.07) is 15.4. The Morgan fingerprint density at radius 2 is 1.85 bits per heavy atom. The molecule has 1 aliphatic rings. The molecule has 0 atom stereocenters. The molecule has 0 radical (unpaired) electrons.